The van der Waals surface area contributed by atoms with Crippen LogP contribution in [0.15, 0.2) is 29.4 Å². The van der Waals surface area contributed by atoms with E-state index >= 15 is 0 Å². The van der Waals surface area contributed by atoms with Crippen molar-refractivity contribution in [1.82, 2.24) is 10.3 Å². The van der Waals surface area contributed by atoms with Crippen LogP contribution in [0.4, 0.5) is 0 Å². The predicted octanol–water partition coefficient (Wildman–Crippen LogP) is 2.56. The second-order valence-electron chi connectivity index (χ2n) is 4.00. The van der Waals surface area contributed by atoms with Gasteiger partial charge in [-0.15, -0.1) is 11.8 Å². The molecule has 1 atom stereocenters. The van der Waals surface area contributed by atoms with Crippen molar-refractivity contribution in [3.8, 4) is 0 Å². The minimum absolute atomic E-state index is 0.702. The molecule has 1 aliphatic carbocycles. The van der Waals surface area contributed by atoms with E-state index in [1.165, 1.54) is 23.5 Å². The zero-order valence-corrected chi connectivity index (χ0v) is 9.96. The SMILES string of the molecule is CCNC(CSc1ccncc1)C1CC1. The standard InChI is InChI=1S/C12H18N2S/c1-2-14-12(10-3-4-10)9-15-11-5-7-13-8-6-11/h5-8,10,12,14H,2-4,9H2,1H3. The van der Waals surface area contributed by atoms with Gasteiger partial charge < -0.3 is 5.32 Å². The molecule has 0 spiro atoms. The number of nitrogens with one attached hydrogen (secondary N) is 1. The maximum Gasteiger partial charge on any atom is 0.0278 e. The van der Waals surface area contributed by atoms with Gasteiger partial charge in [0.2, 0.25) is 0 Å². The van der Waals surface area contributed by atoms with Gasteiger partial charge in [-0.25, -0.2) is 0 Å². The number of pyridine rings is 1. The van der Waals surface area contributed by atoms with Crippen molar-refractivity contribution < 1.29 is 0 Å². The minimum Gasteiger partial charge on any atom is -0.313 e. The van der Waals surface area contributed by atoms with E-state index in [0.29, 0.717) is 6.04 Å². The van der Waals surface area contributed by atoms with Gasteiger partial charge in [-0.1, -0.05) is 6.92 Å². The van der Waals surface area contributed by atoms with Gasteiger partial charge in [-0.2, -0.15) is 0 Å². The zero-order chi connectivity index (χ0) is 10.5. The summed E-state index contributed by atoms with van der Waals surface area (Å²) in [7, 11) is 0. The molecule has 1 saturated carbocycles. The normalized spacial score (nSPS) is 17.7. The minimum atomic E-state index is 0.702. The lowest BCUT2D eigenvalue weighted by molar-refractivity contribution is 0.519. The lowest BCUT2D eigenvalue weighted by Crippen LogP contribution is -2.33. The first-order chi connectivity index (χ1) is 7.40. The Morgan fingerprint density at radius 2 is 2.20 bits per heavy atom. The highest BCUT2D eigenvalue weighted by molar-refractivity contribution is 7.99. The maximum absolute atomic E-state index is 4.03. The van der Waals surface area contributed by atoms with Gasteiger partial charge in [0.25, 0.3) is 0 Å². The zero-order valence-electron chi connectivity index (χ0n) is 9.15. The molecule has 82 valence electrons. The summed E-state index contributed by atoms with van der Waals surface area (Å²) < 4.78 is 0. The first kappa shape index (κ1) is 11.0. The van der Waals surface area contributed by atoms with Crippen LogP contribution in [-0.2, 0) is 0 Å². The van der Waals surface area contributed by atoms with Crippen LogP contribution in [0.5, 0.6) is 0 Å². The van der Waals surface area contributed by atoms with Crippen LogP contribution < -0.4 is 5.32 Å². The van der Waals surface area contributed by atoms with E-state index in [1.807, 2.05) is 24.2 Å². The van der Waals surface area contributed by atoms with E-state index in [4.69, 9.17) is 0 Å². The van der Waals surface area contributed by atoms with Crippen LogP contribution in [-0.4, -0.2) is 23.3 Å². The van der Waals surface area contributed by atoms with Crippen molar-refractivity contribution in [3.63, 3.8) is 0 Å². The van der Waals surface area contributed by atoms with Crippen molar-refractivity contribution in [1.29, 1.82) is 0 Å². The molecular formula is C12H18N2S. The van der Waals surface area contributed by atoms with Gasteiger partial charge in [0.05, 0.1) is 0 Å². The fourth-order valence-electron chi connectivity index (χ4n) is 1.74. The Bertz CT molecular complexity index is 285. The predicted molar refractivity (Wildman–Crippen MR) is 65.1 cm³/mol. The molecule has 0 amide bonds. The van der Waals surface area contributed by atoms with Crippen LogP contribution >= 0.6 is 11.8 Å². The maximum atomic E-state index is 4.03. The molecule has 15 heavy (non-hydrogen) atoms. The number of hydrogen-bond donors (Lipinski definition) is 1. The highest BCUT2D eigenvalue weighted by atomic mass is 32.2. The van der Waals surface area contributed by atoms with E-state index in [0.717, 1.165) is 12.5 Å². The molecule has 1 unspecified atom stereocenters. The molecule has 1 aromatic rings. The first-order valence-electron chi connectivity index (χ1n) is 5.66. The van der Waals surface area contributed by atoms with Gasteiger partial charge in [-0.05, 0) is 37.4 Å². The van der Waals surface area contributed by atoms with Crippen molar-refractivity contribution >= 4 is 11.8 Å². The lowest BCUT2D eigenvalue weighted by Gasteiger charge is -2.16. The largest absolute Gasteiger partial charge is 0.313 e. The fraction of sp³-hybridized carbons (Fsp3) is 0.583. The molecule has 0 radical (unpaired) electrons. The summed E-state index contributed by atoms with van der Waals surface area (Å²) in [5.41, 5.74) is 0. The Labute approximate surface area is 95.9 Å². The monoisotopic (exact) mass is 222 g/mol. The van der Waals surface area contributed by atoms with Crippen LogP contribution in [0.25, 0.3) is 0 Å². The quantitative estimate of drug-likeness (QED) is 0.749. The summed E-state index contributed by atoms with van der Waals surface area (Å²) >= 11 is 1.93. The van der Waals surface area contributed by atoms with E-state index in [2.05, 4.69) is 29.4 Å². The van der Waals surface area contributed by atoms with E-state index in [-0.39, 0.29) is 0 Å². The molecule has 0 aliphatic heterocycles. The van der Waals surface area contributed by atoms with Gasteiger partial charge in [-0.3, -0.25) is 4.98 Å². The van der Waals surface area contributed by atoms with Crippen LogP contribution in [0.1, 0.15) is 19.8 Å². The Morgan fingerprint density at radius 1 is 1.47 bits per heavy atom. The molecule has 1 heterocycles. The molecule has 2 nitrogen and oxygen atoms in total. The molecule has 1 fully saturated rings. The van der Waals surface area contributed by atoms with Gasteiger partial charge in [0, 0.05) is 29.1 Å². The molecule has 1 N–H and O–H groups in total. The molecule has 1 aromatic heterocycles. The summed E-state index contributed by atoms with van der Waals surface area (Å²) in [6.07, 6.45) is 6.55. The topological polar surface area (TPSA) is 24.9 Å². The Hall–Kier alpha value is -0.540. The van der Waals surface area contributed by atoms with Crippen LogP contribution in [0, 0.1) is 5.92 Å². The molecule has 0 saturated heterocycles. The van der Waals surface area contributed by atoms with E-state index in [1.54, 1.807) is 0 Å². The third-order valence-corrected chi connectivity index (χ3v) is 3.87. The van der Waals surface area contributed by atoms with Gasteiger partial charge >= 0.3 is 0 Å². The Morgan fingerprint density at radius 3 is 2.80 bits per heavy atom. The number of hydrogen-bond acceptors (Lipinski definition) is 3. The molecule has 3 heteroatoms. The van der Waals surface area contributed by atoms with Crippen molar-refractivity contribution in [2.24, 2.45) is 5.92 Å². The summed E-state index contributed by atoms with van der Waals surface area (Å²) in [5.74, 6) is 2.11. The highest BCUT2D eigenvalue weighted by Crippen LogP contribution is 2.35. The summed E-state index contributed by atoms with van der Waals surface area (Å²) in [6.45, 7) is 3.27. The Balaban J connectivity index is 1.80. The number of rotatable bonds is 6. The van der Waals surface area contributed by atoms with E-state index in [9.17, 15) is 0 Å². The molecule has 1 aliphatic rings. The smallest absolute Gasteiger partial charge is 0.0278 e. The van der Waals surface area contributed by atoms with Gasteiger partial charge in [0.15, 0.2) is 0 Å². The molecule has 2 rings (SSSR count). The highest BCUT2D eigenvalue weighted by Gasteiger charge is 2.30. The van der Waals surface area contributed by atoms with E-state index < -0.39 is 0 Å². The van der Waals surface area contributed by atoms with Crippen molar-refractivity contribution in [3.05, 3.63) is 24.5 Å². The number of nitrogens with zero attached hydrogens (tertiary/aromatic N) is 1. The summed E-state index contributed by atoms with van der Waals surface area (Å²) in [5, 5.41) is 3.58. The molecule has 0 aromatic carbocycles. The average Bonchev–Trinajstić information content (AvgIpc) is 3.09. The van der Waals surface area contributed by atoms with Crippen LogP contribution in [0.2, 0.25) is 0 Å². The van der Waals surface area contributed by atoms with Crippen molar-refractivity contribution in [2.45, 2.75) is 30.7 Å². The Kier molecular flexibility index (Phi) is 4.03. The third kappa shape index (κ3) is 3.50. The number of aromatic nitrogens is 1. The van der Waals surface area contributed by atoms with Gasteiger partial charge in [0.1, 0.15) is 0 Å². The molecule has 0 bridgehead atoms. The first-order valence-corrected chi connectivity index (χ1v) is 6.65. The number of thioether (sulfide) groups is 1. The second-order valence-corrected chi connectivity index (χ2v) is 5.09. The lowest BCUT2D eigenvalue weighted by atomic mass is 10.2. The summed E-state index contributed by atoms with van der Waals surface area (Å²) in [6, 6.07) is 4.87. The fourth-order valence-corrected chi connectivity index (χ4v) is 2.82. The van der Waals surface area contributed by atoms with Crippen LogP contribution in [0.3, 0.4) is 0 Å². The third-order valence-electron chi connectivity index (χ3n) is 2.74. The second kappa shape index (κ2) is 5.52. The average molecular weight is 222 g/mol. The van der Waals surface area contributed by atoms with Crippen molar-refractivity contribution in [2.75, 3.05) is 12.3 Å². The molecular weight excluding hydrogens is 204 g/mol. The summed E-state index contributed by atoms with van der Waals surface area (Å²) in [4.78, 5) is 5.35.